The Hall–Kier alpha value is -1.65. The van der Waals surface area contributed by atoms with Crippen LogP contribution in [-0.2, 0) is 4.74 Å². The molecular formula is C16H21N3O. The van der Waals surface area contributed by atoms with Gasteiger partial charge in [-0.05, 0) is 24.6 Å². The Labute approximate surface area is 119 Å². The third-order valence-electron chi connectivity index (χ3n) is 3.74. The van der Waals surface area contributed by atoms with Crippen LogP contribution >= 0.6 is 0 Å². The van der Waals surface area contributed by atoms with Crippen LogP contribution in [0, 0.1) is 6.92 Å². The Morgan fingerprint density at radius 1 is 1.25 bits per heavy atom. The van der Waals surface area contributed by atoms with Crippen molar-refractivity contribution in [2.45, 2.75) is 6.92 Å². The van der Waals surface area contributed by atoms with Gasteiger partial charge in [-0.25, -0.2) is 4.98 Å². The van der Waals surface area contributed by atoms with Crippen molar-refractivity contribution in [3.63, 3.8) is 0 Å². The SMILES string of the molecule is Cc1cc2ccccc2nc1NCCN1CCOCC1. The number of aryl methyl sites for hydroxylation is 1. The highest BCUT2D eigenvalue weighted by molar-refractivity contribution is 5.81. The van der Waals surface area contributed by atoms with E-state index in [0.717, 1.165) is 50.7 Å². The lowest BCUT2D eigenvalue weighted by Crippen LogP contribution is -2.39. The van der Waals surface area contributed by atoms with Crippen molar-refractivity contribution in [3.8, 4) is 0 Å². The summed E-state index contributed by atoms with van der Waals surface area (Å²) in [6, 6.07) is 10.4. The van der Waals surface area contributed by atoms with E-state index in [0.29, 0.717) is 0 Å². The highest BCUT2D eigenvalue weighted by atomic mass is 16.5. The first kappa shape index (κ1) is 13.3. The van der Waals surface area contributed by atoms with Crippen LogP contribution in [-0.4, -0.2) is 49.3 Å². The van der Waals surface area contributed by atoms with Gasteiger partial charge in [0.05, 0.1) is 18.7 Å². The van der Waals surface area contributed by atoms with Crippen LogP contribution in [0.15, 0.2) is 30.3 Å². The summed E-state index contributed by atoms with van der Waals surface area (Å²) in [5.74, 6) is 0.997. The summed E-state index contributed by atoms with van der Waals surface area (Å²) in [6.07, 6.45) is 0. The molecule has 106 valence electrons. The summed E-state index contributed by atoms with van der Waals surface area (Å²) >= 11 is 0. The van der Waals surface area contributed by atoms with Gasteiger partial charge in [-0.1, -0.05) is 18.2 Å². The monoisotopic (exact) mass is 271 g/mol. The molecule has 0 bridgehead atoms. The van der Waals surface area contributed by atoms with Gasteiger partial charge in [0.2, 0.25) is 0 Å². The van der Waals surface area contributed by atoms with Crippen molar-refractivity contribution in [2.24, 2.45) is 0 Å². The van der Waals surface area contributed by atoms with Crippen LogP contribution in [0.25, 0.3) is 10.9 Å². The molecule has 1 N–H and O–H groups in total. The Bertz CT molecular complexity index is 579. The number of para-hydroxylation sites is 1. The van der Waals surface area contributed by atoms with Crippen LogP contribution in [0.1, 0.15) is 5.56 Å². The fourth-order valence-electron chi connectivity index (χ4n) is 2.56. The molecule has 0 unspecified atom stereocenters. The van der Waals surface area contributed by atoms with Gasteiger partial charge in [0.15, 0.2) is 0 Å². The molecule has 1 saturated heterocycles. The lowest BCUT2D eigenvalue weighted by atomic mass is 10.1. The molecule has 0 spiro atoms. The lowest BCUT2D eigenvalue weighted by Gasteiger charge is -2.26. The predicted molar refractivity (Wildman–Crippen MR) is 82.2 cm³/mol. The largest absolute Gasteiger partial charge is 0.379 e. The first-order valence-electron chi connectivity index (χ1n) is 7.23. The number of morpholine rings is 1. The maximum absolute atomic E-state index is 5.36. The van der Waals surface area contributed by atoms with E-state index in [2.05, 4.69) is 41.4 Å². The zero-order valence-corrected chi connectivity index (χ0v) is 11.9. The van der Waals surface area contributed by atoms with Crippen molar-refractivity contribution in [2.75, 3.05) is 44.7 Å². The fourth-order valence-corrected chi connectivity index (χ4v) is 2.56. The molecule has 0 aliphatic carbocycles. The summed E-state index contributed by atoms with van der Waals surface area (Å²) in [6.45, 7) is 7.85. The van der Waals surface area contributed by atoms with E-state index >= 15 is 0 Å². The third-order valence-corrected chi connectivity index (χ3v) is 3.74. The molecule has 0 saturated carbocycles. The molecule has 1 aliphatic heterocycles. The van der Waals surface area contributed by atoms with Gasteiger partial charge in [-0.3, -0.25) is 4.90 Å². The maximum atomic E-state index is 5.36. The minimum Gasteiger partial charge on any atom is -0.379 e. The van der Waals surface area contributed by atoms with E-state index in [4.69, 9.17) is 9.72 Å². The van der Waals surface area contributed by atoms with Crippen LogP contribution in [0.2, 0.25) is 0 Å². The molecule has 0 atom stereocenters. The summed E-state index contributed by atoms with van der Waals surface area (Å²) in [5.41, 5.74) is 2.25. The van der Waals surface area contributed by atoms with Crippen molar-refractivity contribution >= 4 is 16.7 Å². The van der Waals surface area contributed by atoms with Gasteiger partial charge in [0, 0.05) is 31.6 Å². The van der Waals surface area contributed by atoms with Crippen LogP contribution < -0.4 is 5.32 Å². The lowest BCUT2D eigenvalue weighted by molar-refractivity contribution is 0.0398. The van der Waals surface area contributed by atoms with Crippen molar-refractivity contribution in [1.82, 2.24) is 9.88 Å². The molecule has 2 heterocycles. The minimum absolute atomic E-state index is 0.854. The summed E-state index contributed by atoms with van der Waals surface area (Å²) in [7, 11) is 0. The molecule has 0 radical (unpaired) electrons. The maximum Gasteiger partial charge on any atom is 0.129 e. The van der Waals surface area contributed by atoms with Gasteiger partial charge in [0.1, 0.15) is 5.82 Å². The highest BCUT2D eigenvalue weighted by Gasteiger charge is 2.10. The van der Waals surface area contributed by atoms with Crippen molar-refractivity contribution < 1.29 is 4.74 Å². The second-order valence-corrected chi connectivity index (χ2v) is 5.23. The summed E-state index contributed by atoms with van der Waals surface area (Å²) < 4.78 is 5.36. The number of rotatable bonds is 4. The molecule has 1 fully saturated rings. The van der Waals surface area contributed by atoms with Crippen molar-refractivity contribution in [3.05, 3.63) is 35.9 Å². The zero-order chi connectivity index (χ0) is 13.8. The van der Waals surface area contributed by atoms with Crippen LogP contribution in [0.5, 0.6) is 0 Å². The second kappa shape index (κ2) is 6.20. The van der Waals surface area contributed by atoms with E-state index < -0.39 is 0 Å². The first-order chi connectivity index (χ1) is 9.83. The number of nitrogens with one attached hydrogen (secondary N) is 1. The number of ether oxygens (including phenoxy) is 1. The fraction of sp³-hybridized carbons (Fsp3) is 0.438. The molecule has 3 rings (SSSR count). The number of hydrogen-bond donors (Lipinski definition) is 1. The van der Waals surface area contributed by atoms with E-state index in [-0.39, 0.29) is 0 Å². The first-order valence-corrected chi connectivity index (χ1v) is 7.23. The number of nitrogens with zero attached hydrogens (tertiary/aromatic N) is 2. The Balaban J connectivity index is 1.63. The predicted octanol–water partition coefficient (Wildman–Crippen LogP) is 2.29. The smallest absolute Gasteiger partial charge is 0.129 e. The Morgan fingerprint density at radius 3 is 2.90 bits per heavy atom. The number of pyridine rings is 1. The van der Waals surface area contributed by atoms with Gasteiger partial charge >= 0.3 is 0 Å². The molecule has 2 aromatic rings. The molecule has 20 heavy (non-hydrogen) atoms. The standard InChI is InChI=1S/C16H21N3O/c1-13-12-14-4-2-3-5-15(14)18-16(13)17-6-7-19-8-10-20-11-9-19/h2-5,12H,6-11H2,1H3,(H,17,18). The molecule has 0 amide bonds. The Kier molecular flexibility index (Phi) is 4.14. The molecule has 1 aromatic carbocycles. The highest BCUT2D eigenvalue weighted by Crippen LogP contribution is 2.19. The van der Waals surface area contributed by atoms with Crippen molar-refractivity contribution in [1.29, 1.82) is 0 Å². The molecule has 4 nitrogen and oxygen atoms in total. The summed E-state index contributed by atoms with van der Waals surface area (Å²) in [4.78, 5) is 7.13. The quantitative estimate of drug-likeness (QED) is 0.926. The molecule has 1 aromatic heterocycles. The van der Waals surface area contributed by atoms with Gasteiger partial charge < -0.3 is 10.1 Å². The number of hydrogen-bond acceptors (Lipinski definition) is 4. The number of anilines is 1. The van der Waals surface area contributed by atoms with Crippen LogP contribution in [0.3, 0.4) is 0 Å². The average Bonchev–Trinajstić information content (AvgIpc) is 2.49. The number of fused-ring (bicyclic) bond motifs is 1. The molecule has 4 heteroatoms. The topological polar surface area (TPSA) is 37.4 Å². The molecule has 1 aliphatic rings. The van der Waals surface area contributed by atoms with E-state index in [1.165, 1.54) is 10.9 Å². The average molecular weight is 271 g/mol. The van der Waals surface area contributed by atoms with E-state index in [9.17, 15) is 0 Å². The Morgan fingerprint density at radius 2 is 2.05 bits per heavy atom. The number of aromatic nitrogens is 1. The number of benzene rings is 1. The van der Waals surface area contributed by atoms with Gasteiger partial charge in [0.25, 0.3) is 0 Å². The molecular weight excluding hydrogens is 250 g/mol. The van der Waals surface area contributed by atoms with Gasteiger partial charge in [-0.2, -0.15) is 0 Å². The summed E-state index contributed by atoms with van der Waals surface area (Å²) in [5, 5.41) is 4.66. The third kappa shape index (κ3) is 3.08. The zero-order valence-electron chi connectivity index (χ0n) is 11.9. The second-order valence-electron chi connectivity index (χ2n) is 5.23. The van der Waals surface area contributed by atoms with E-state index in [1.54, 1.807) is 0 Å². The minimum atomic E-state index is 0.854. The van der Waals surface area contributed by atoms with E-state index in [1.807, 2.05) is 6.07 Å². The van der Waals surface area contributed by atoms with Gasteiger partial charge in [-0.15, -0.1) is 0 Å². The van der Waals surface area contributed by atoms with Crippen LogP contribution in [0.4, 0.5) is 5.82 Å². The normalized spacial score (nSPS) is 16.4.